The second-order valence-corrected chi connectivity index (χ2v) is 5.11. The Hall–Kier alpha value is -1.10. The van der Waals surface area contributed by atoms with Gasteiger partial charge in [-0.05, 0) is 23.6 Å². The Labute approximate surface area is 108 Å². The Kier molecular flexibility index (Phi) is 3.50. The molecule has 4 nitrogen and oxygen atoms in total. The van der Waals surface area contributed by atoms with Crippen molar-refractivity contribution in [3.63, 3.8) is 0 Å². The highest BCUT2D eigenvalue weighted by atomic mass is 16.5. The lowest BCUT2D eigenvalue weighted by Crippen LogP contribution is -2.48. The lowest BCUT2D eigenvalue weighted by atomic mass is 9.94. The Bertz CT molecular complexity index is 416. The van der Waals surface area contributed by atoms with Crippen LogP contribution in [0, 0.1) is 0 Å². The number of hydrogen-bond donors (Lipinski definition) is 2. The summed E-state index contributed by atoms with van der Waals surface area (Å²) in [5, 5.41) is 13.5. The highest BCUT2D eigenvalue weighted by Crippen LogP contribution is 2.25. The first-order valence-electron chi connectivity index (χ1n) is 6.66. The van der Waals surface area contributed by atoms with Crippen molar-refractivity contribution in [2.24, 2.45) is 0 Å². The standard InChI is InChI=1S/C14H20N2O2/c17-14-3-1-2-11-9-15-12(8-13(11)14)10-16-4-6-18-7-5-16/h1-3,12,15,17H,4-10H2. The van der Waals surface area contributed by atoms with Gasteiger partial charge >= 0.3 is 0 Å². The zero-order valence-corrected chi connectivity index (χ0v) is 10.6. The molecule has 0 saturated carbocycles. The van der Waals surface area contributed by atoms with Crippen LogP contribution in [0.5, 0.6) is 5.75 Å². The summed E-state index contributed by atoms with van der Waals surface area (Å²) in [6, 6.07) is 6.23. The maximum atomic E-state index is 9.92. The van der Waals surface area contributed by atoms with E-state index in [1.54, 1.807) is 6.07 Å². The van der Waals surface area contributed by atoms with Crippen LogP contribution in [0.2, 0.25) is 0 Å². The van der Waals surface area contributed by atoms with Gasteiger partial charge in [0.05, 0.1) is 13.2 Å². The van der Waals surface area contributed by atoms with Gasteiger partial charge in [0, 0.05) is 32.2 Å². The first-order valence-corrected chi connectivity index (χ1v) is 6.66. The zero-order chi connectivity index (χ0) is 12.4. The molecule has 2 heterocycles. The molecule has 2 aliphatic rings. The highest BCUT2D eigenvalue weighted by Gasteiger charge is 2.23. The number of nitrogens with one attached hydrogen (secondary N) is 1. The summed E-state index contributed by atoms with van der Waals surface area (Å²) < 4.78 is 5.36. The summed E-state index contributed by atoms with van der Waals surface area (Å²) in [6.45, 7) is 5.62. The van der Waals surface area contributed by atoms with Crippen LogP contribution in [0.15, 0.2) is 18.2 Å². The number of nitrogens with zero attached hydrogens (tertiary/aromatic N) is 1. The summed E-state index contributed by atoms with van der Waals surface area (Å²) in [5.41, 5.74) is 2.35. The third-order valence-electron chi connectivity index (χ3n) is 3.86. The fraction of sp³-hybridized carbons (Fsp3) is 0.571. The number of fused-ring (bicyclic) bond motifs is 1. The summed E-state index contributed by atoms with van der Waals surface area (Å²) in [6.07, 6.45) is 0.916. The third-order valence-corrected chi connectivity index (χ3v) is 3.86. The summed E-state index contributed by atoms with van der Waals surface area (Å²) in [5.74, 6) is 0.445. The van der Waals surface area contributed by atoms with Gasteiger partial charge in [0.2, 0.25) is 0 Å². The molecule has 0 radical (unpaired) electrons. The first kappa shape index (κ1) is 12.0. The molecule has 0 aliphatic carbocycles. The molecule has 1 saturated heterocycles. The smallest absolute Gasteiger partial charge is 0.119 e. The third kappa shape index (κ3) is 2.51. The molecule has 3 rings (SSSR count). The van der Waals surface area contributed by atoms with Gasteiger partial charge in [0.25, 0.3) is 0 Å². The SMILES string of the molecule is Oc1cccc2c1CC(CN1CCOCC1)NC2. The summed E-state index contributed by atoms with van der Waals surface area (Å²) >= 11 is 0. The summed E-state index contributed by atoms with van der Waals surface area (Å²) in [4.78, 5) is 2.44. The van der Waals surface area contributed by atoms with E-state index >= 15 is 0 Å². The minimum absolute atomic E-state index is 0.434. The largest absolute Gasteiger partial charge is 0.508 e. The van der Waals surface area contributed by atoms with Crippen molar-refractivity contribution in [1.82, 2.24) is 10.2 Å². The topological polar surface area (TPSA) is 44.7 Å². The van der Waals surface area contributed by atoms with Crippen molar-refractivity contribution in [3.05, 3.63) is 29.3 Å². The Morgan fingerprint density at radius 3 is 3.00 bits per heavy atom. The molecular formula is C14H20N2O2. The van der Waals surface area contributed by atoms with Gasteiger partial charge in [-0.25, -0.2) is 0 Å². The molecule has 0 aromatic heterocycles. The molecule has 98 valence electrons. The van der Waals surface area contributed by atoms with E-state index in [2.05, 4.69) is 16.3 Å². The van der Waals surface area contributed by atoms with Crippen LogP contribution in [-0.2, 0) is 17.7 Å². The maximum Gasteiger partial charge on any atom is 0.119 e. The molecule has 1 aromatic rings. The Morgan fingerprint density at radius 2 is 2.17 bits per heavy atom. The van der Waals surface area contributed by atoms with E-state index in [1.165, 1.54) is 5.56 Å². The van der Waals surface area contributed by atoms with Crippen molar-refractivity contribution in [1.29, 1.82) is 0 Å². The maximum absolute atomic E-state index is 9.92. The van der Waals surface area contributed by atoms with Crippen LogP contribution < -0.4 is 5.32 Å². The van der Waals surface area contributed by atoms with E-state index in [-0.39, 0.29) is 0 Å². The monoisotopic (exact) mass is 248 g/mol. The molecule has 1 atom stereocenters. The van der Waals surface area contributed by atoms with Crippen molar-refractivity contribution in [3.8, 4) is 5.75 Å². The van der Waals surface area contributed by atoms with Gasteiger partial charge in [0.1, 0.15) is 5.75 Å². The first-order chi connectivity index (χ1) is 8.83. The molecule has 0 spiro atoms. The number of aromatic hydroxyl groups is 1. The van der Waals surface area contributed by atoms with E-state index in [0.29, 0.717) is 11.8 Å². The van der Waals surface area contributed by atoms with E-state index in [1.807, 2.05) is 6.07 Å². The van der Waals surface area contributed by atoms with Crippen LogP contribution in [0.3, 0.4) is 0 Å². The van der Waals surface area contributed by atoms with Crippen molar-refractivity contribution >= 4 is 0 Å². The van der Waals surface area contributed by atoms with Crippen LogP contribution in [0.1, 0.15) is 11.1 Å². The van der Waals surface area contributed by atoms with Crippen molar-refractivity contribution in [2.75, 3.05) is 32.8 Å². The number of morpholine rings is 1. The second kappa shape index (κ2) is 5.26. The van der Waals surface area contributed by atoms with E-state index in [0.717, 1.165) is 51.4 Å². The highest BCUT2D eigenvalue weighted by molar-refractivity contribution is 5.41. The van der Waals surface area contributed by atoms with Crippen LogP contribution in [0.25, 0.3) is 0 Å². The van der Waals surface area contributed by atoms with Gasteiger partial charge in [-0.3, -0.25) is 4.90 Å². The fourth-order valence-corrected chi connectivity index (χ4v) is 2.82. The number of ether oxygens (including phenoxy) is 1. The molecule has 18 heavy (non-hydrogen) atoms. The normalized spacial score (nSPS) is 24.8. The van der Waals surface area contributed by atoms with Gasteiger partial charge in [-0.2, -0.15) is 0 Å². The number of benzene rings is 1. The lowest BCUT2D eigenvalue weighted by Gasteiger charge is -2.33. The molecule has 4 heteroatoms. The average molecular weight is 248 g/mol. The summed E-state index contributed by atoms with van der Waals surface area (Å²) in [7, 11) is 0. The van der Waals surface area contributed by atoms with E-state index < -0.39 is 0 Å². The molecule has 0 bridgehead atoms. The van der Waals surface area contributed by atoms with E-state index in [4.69, 9.17) is 4.74 Å². The van der Waals surface area contributed by atoms with Crippen LogP contribution >= 0.6 is 0 Å². The predicted octanol–water partition coefficient (Wildman–Crippen LogP) is 0.739. The number of phenols is 1. The van der Waals surface area contributed by atoms with Crippen molar-refractivity contribution < 1.29 is 9.84 Å². The molecule has 2 N–H and O–H groups in total. The molecule has 1 unspecified atom stereocenters. The quantitative estimate of drug-likeness (QED) is 0.810. The molecule has 0 amide bonds. The molecule has 1 aromatic carbocycles. The molecule has 2 aliphatic heterocycles. The number of phenolic OH excluding ortho intramolecular Hbond substituents is 1. The van der Waals surface area contributed by atoms with Gasteiger partial charge in [-0.15, -0.1) is 0 Å². The van der Waals surface area contributed by atoms with Gasteiger partial charge < -0.3 is 15.2 Å². The van der Waals surface area contributed by atoms with Gasteiger partial charge in [-0.1, -0.05) is 12.1 Å². The van der Waals surface area contributed by atoms with Crippen LogP contribution in [0.4, 0.5) is 0 Å². The predicted molar refractivity (Wildman–Crippen MR) is 69.7 cm³/mol. The minimum atomic E-state index is 0.434. The number of rotatable bonds is 2. The van der Waals surface area contributed by atoms with E-state index in [9.17, 15) is 5.11 Å². The fourth-order valence-electron chi connectivity index (χ4n) is 2.82. The lowest BCUT2D eigenvalue weighted by molar-refractivity contribution is 0.0331. The van der Waals surface area contributed by atoms with Gasteiger partial charge in [0.15, 0.2) is 0 Å². The number of hydrogen-bond acceptors (Lipinski definition) is 4. The Morgan fingerprint density at radius 1 is 1.33 bits per heavy atom. The average Bonchev–Trinajstić information content (AvgIpc) is 2.41. The molecular weight excluding hydrogens is 228 g/mol. The Balaban J connectivity index is 1.65. The molecule has 1 fully saturated rings. The second-order valence-electron chi connectivity index (χ2n) is 5.11. The van der Waals surface area contributed by atoms with Crippen LogP contribution in [-0.4, -0.2) is 48.9 Å². The minimum Gasteiger partial charge on any atom is -0.508 e. The van der Waals surface area contributed by atoms with Crippen molar-refractivity contribution in [2.45, 2.75) is 19.0 Å². The zero-order valence-electron chi connectivity index (χ0n) is 10.6.